The van der Waals surface area contributed by atoms with Crippen LogP contribution in [-0.4, -0.2) is 10.2 Å². The van der Waals surface area contributed by atoms with E-state index in [0.717, 1.165) is 22.3 Å². The van der Waals surface area contributed by atoms with Crippen LogP contribution in [0.15, 0.2) is 78.9 Å². The highest BCUT2D eigenvalue weighted by Crippen LogP contribution is 2.39. The molecule has 2 N–H and O–H groups in total. The molecule has 25 heavy (non-hydrogen) atoms. The van der Waals surface area contributed by atoms with Gasteiger partial charge in [-0.1, -0.05) is 48.5 Å². The molecule has 0 saturated heterocycles. The summed E-state index contributed by atoms with van der Waals surface area (Å²) in [5.74, 6) is 0.515. The number of phenols is 2. The van der Waals surface area contributed by atoms with Crippen molar-refractivity contribution in [3.05, 3.63) is 84.4 Å². The van der Waals surface area contributed by atoms with Crippen molar-refractivity contribution < 1.29 is 10.2 Å². The molecule has 0 aliphatic carbocycles. The maximum Gasteiger partial charge on any atom is 0.115 e. The molecule has 4 rings (SSSR count). The van der Waals surface area contributed by atoms with Crippen molar-refractivity contribution in [1.29, 1.82) is 0 Å². The Balaban J connectivity index is 2.07. The average molecular weight is 326 g/mol. The zero-order valence-corrected chi connectivity index (χ0v) is 13.9. The van der Waals surface area contributed by atoms with Gasteiger partial charge in [-0.25, -0.2) is 0 Å². The minimum Gasteiger partial charge on any atom is -0.508 e. The highest BCUT2D eigenvalue weighted by Gasteiger charge is 2.14. The van der Waals surface area contributed by atoms with Crippen molar-refractivity contribution in [2.45, 2.75) is 6.92 Å². The van der Waals surface area contributed by atoms with Crippen LogP contribution < -0.4 is 0 Å². The predicted molar refractivity (Wildman–Crippen MR) is 103 cm³/mol. The summed E-state index contributed by atoms with van der Waals surface area (Å²) in [6, 6.07) is 25.1. The summed E-state index contributed by atoms with van der Waals surface area (Å²) in [6.07, 6.45) is 0. The second-order valence-electron chi connectivity index (χ2n) is 6.24. The molecule has 122 valence electrons. The quantitative estimate of drug-likeness (QED) is 0.482. The van der Waals surface area contributed by atoms with Crippen molar-refractivity contribution in [2.24, 2.45) is 0 Å². The molecule has 0 aliphatic heterocycles. The number of aryl methyl sites for hydroxylation is 1. The molecule has 0 heterocycles. The number of hydrogen-bond acceptors (Lipinski definition) is 2. The van der Waals surface area contributed by atoms with Gasteiger partial charge in [-0.2, -0.15) is 0 Å². The summed E-state index contributed by atoms with van der Waals surface area (Å²) >= 11 is 0. The van der Waals surface area contributed by atoms with Crippen LogP contribution in [0.2, 0.25) is 0 Å². The molecule has 0 amide bonds. The molecule has 0 radical (unpaired) electrons. The summed E-state index contributed by atoms with van der Waals surface area (Å²) in [5, 5.41) is 21.7. The Morgan fingerprint density at radius 2 is 1.20 bits per heavy atom. The van der Waals surface area contributed by atoms with Gasteiger partial charge in [0.25, 0.3) is 0 Å². The third kappa shape index (κ3) is 2.72. The normalized spacial score (nSPS) is 10.9. The number of fused-ring (bicyclic) bond motifs is 1. The SMILES string of the molecule is Cc1c(-c2ccc(O)cc2)c(-c2ccc(O)cc2)cc2ccccc12. The third-order valence-electron chi connectivity index (χ3n) is 4.64. The van der Waals surface area contributed by atoms with E-state index in [1.54, 1.807) is 24.3 Å². The van der Waals surface area contributed by atoms with E-state index in [9.17, 15) is 10.2 Å². The Morgan fingerprint density at radius 3 is 1.84 bits per heavy atom. The Kier molecular flexibility index (Phi) is 3.66. The Labute approximate surface area is 146 Å². The first-order valence-corrected chi connectivity index (χ1v) is 8.24. The van der Waals surface area contributed by atoms with Gasteiger partial charge in [-0.15, -0.1) is 0 Å². The van der Waals surface area contributed by atoms with Crippen LogP contribution >= 0.6 is 0 Å². The molecule has 2 heteroatoms. The van der Waals surface area contributed by atoms with E-state index in [1.165, 1.54) is 16.3 Å². The second-order valence-corrected chi connectivity index (χ2v) is 6.24. The zero-order chi connectivity index (χ0) is 17.4. The van der Waals surface area contributed by atoms with Crippen LogP contribution in [0.5, 0.6) is 11.5 Å². The molecule has 4 aromatic rings. The summed E-state index contributed by atoms with van der Waals surface area (Å²) in [4.78, 5) is 0. The fraction of sp³-hybridized carbons (Fsp3) is 0.0435. The van der Waals surface area contributed by atoms with E-state index >= 15 is 0 Å². The fourth-order valence-electron chi connectivity index (χ4n) is 3.40. The molecular weight excluding hydrogens is 308 g/mol. The molecule has 0 saturated carbocycles. The lowest BCUT2D eigenvalue weighted by molar-refractivity contribution is 0.475. The van der Waals surface area contributed by atoms with Crippen molar-refractivity contribution in [3.63, 3.8) is 0 Å². The topological polar surface area (TPSA) is 40.5 Å². The molecule has 0 aliphatic rings. The third-order valence-corrected chi connectivity index (χ3v) is 4.64. The van der Waals surface area contributed by atoms with Crippen LogP contribution in [0, 0.1) is 6.92 Å². The zero-order valence-electron chi connectivity index (χ0n) is 13.9. The minimum atomic E-state index is 0.257. The van der Waals surface area contributed by atoms with Gasteiger partial charge in [0.05, 0.1) is 0 Å². The van der Waals surface area contributed by atoms with E-state index < -0.39 is 0 Å². The van der Waals surface area contributed by atoms with Crippen LogP contribution in [0.25, 0.3) is 33.0 Å². The summed E-state index contributed by atoms with van der Waals surface area (Å²) in [6.45, 7) is 2.13. The standard InChI is InChI=1S/C23H18O2/c1-15-21-5-3-2-4-18(21)14-22(16-6-10-19(24)11-7-16)23(15)17-8-12-20(25)13-9-17/h2-14,24-25H,1H3. The molecule has 0 unspecified atom stereocenters. The summed E-state index contributed by atoms with van der Waals surface area (Å²) in [7, 11) is 0. The summed E-state index contributed by atoms with van der Waals surface area (Å²) < 4.78 is 0. The number of aromatic hydroxyl groups is 2. The van der Waals surface area contributed by atoms with Gasteiger partial charge in [0.1, 0.15) is 11.5 Å². The fourth-order valence-corrected chi connectivity index (χ4v) is 3.40. The summed E-state index contributed by atoms with van der Waals surface area (Å²) in [5.41, 5.74) is 5.57. The maximum atomic E-state index is 9.63. The molecule has 2 nitrogen and oxygen atoms in total. The lowest BCUT2D eigenvalue weighted by Gasteiger charge is -2.17. The molecule has 4 aromatic carbocycles. The lowest BCUT2D eigenvalue weighted by atomic mass is 9.87. The first kappa shape index (κ1) is 15.3. The molecular formula is C23H18O2. The monoisotopic (exact) mass is 326 g/mol. The first-order chi connectivity index (χ1) is 12.1. The number of benzene rings is 4. The van der Waals surface area contributed by atoms with E-state index in [0.29, 0.717) is 0 Å². The van der Waals surface area contributed by atoms with Gasteiger partial charge < -0.3 is 10.2 Å². The Morgan fingerprint density at radius 1 is 0.640 bits per heavy atom. The maximum absolute atomic E-state index is 9.63. The first-order valence-electron chi connectivity index (χ1n) is 8.24. The smallest absolute Gasteiger partial charge is 0.115 e. The van der Waals surface area contributed by atoms with Crippen molar-refractivity contribution >= 4 is 10.8 Å². The van der Waals surface area contributed by atoms with E-state index in [2.05, 4.69) is 31.2 Å². The van der Waals surface area contributed by atoms with Gasteiger partial charge in [0, 0.05) is 0 Å². The van der Waals surface area contributed by atoms with Gasteiger partial charge in [-0.3, -0.25) is 0 Å². The van der Waals surface area contributed by atoms with E-state index in [1.807, 2.05) is 30.3 Å². The van der Waals surface area contributed by atoms with Crippen LogP contribution in [0.3, 0.4) is 0 Å². The van der Waals surface area contributed by atoms with Crippen molar-refractivity contribution in [2.75, 3.05) is 0 Å². The second kappa shape index (κ2) is 5.99. The lowest BCUT2D eigenvalue weighted by Crippen LogP contribution is -1.91. The molecule has 0 aromatic heterocycles. The largest absolute Gasteiger partial charge is 0.508 e. The molecule has 0 bridgehead atoms. The van der Waals surface area contributed by atoms with Crippen LogP contribution in [0.1, 0.15) is 5.56 Å². The molecule has 0 atom stereocenters. The Hall–Kier alpha value is -3.26. The number of rotatable bonds is 2. The highest BCUT2D eigenvalue weighted by molar-refractivity contribution is 5.99. The van der Waals surface area contributed by atoms with Gasteiger partial charge >= 0.3 is 0 Å². The van der Waals surface area contributed by atoms with Gasteiger partial charge in [-0.05, 0) is 75.8 Å². The number of hydrogen-bond donors (Lipinski definition) is 2. The predicted octanol–water partition coefficient (Wildman–Crippen LogP) is 5.89. The van der Waals surface area contributed by atoms with Crippen molar-refractivity contribution in [3.8, 4) is 33.8 Å². The van der Waals surface area contributed by atoms with Crippen LogP contribution in [-0.2, 0) is 0 Å². The molecule has 0 spiro atoms. The van der Waals surface area contributed by atoms with Crippen molar-refractivity contribution in [1.82, 2.24) is 0 Å². The Bertz CT molecular complexity index is 1050. The van der Waals surface area contributed by atoms with Gasteiger partial charge in [0.15, 0.2) is 0 Å². The minimum absolute atomic E-state index is 0.257. The van der Waals surface area contributed by atoms with E-state index in [4.69, 9.17) is 0 Å². The average Bonchev–Trinajstić information content (AvgIpc) is 2.63. The highest BCUT2D eigenvalue weighted by atomic mass is 16.3. The van der Waals surface area contributed by atoms with E-state index in [-0.39, 0.29) is 11.5 Å². The number of phenolic OH excluding ortho intramolecular Hbond substituents is 2. The van der Waals surface area contributed by atoms with Gasteiger partial charge in [0.2, 0.25) is 0 Å². The van der Waals surface area contributed by atoms with Crippen LogP contribution in [0.4, 0.5) is 0 Å². The molecule has 0 fully saturated rings.